The molecule has 0 spiro atoms. The van der Waals surface area contributed by atoms with Gasteiger partial charge >= 0.3 is 0 Å². The van der Waals surface area contributed by atoms with Crippen LogP contribution in [0.3, 0.4) is 0 Å². The maximum Gasteiger partial charge on any atom is 0.124 e. The quantitative estimate of drug-likeness (QED) is 0.625. The first-order valence-corrected chi connectivity index (χ1v) is 4.61. The van der Waals surface area contributed by atoms with Gasteiger partial charge in [-0.2, -0.15) is 0 Å². The van der Waals surface area contributed by atoms with E-state index in [2.05, 4.69) is 36.8 Å². The Hall–Kier alpha value is -0.0900. The maximum atomic E-state index is 5.47. The topological polar surface area (TPSA) is 38.9 Å². The van der Waals surface area contributed by atoms with E-state index in [1.165, 1.54) is 0 Å². The molecule has 54 valence electrons. The lowest BCUT2D eigenvalue weighted by Gasteiger charge is -1.97. The highest BCUT2D eigenvalue weighted by Crippen LogP contribution is 2.14. The lowest BCUT2D eigenvalue weighted by molar-refractivity contribution is 1.24. The summed E-state index contributed by atoms with van der Waals surface area (Å²) < 4.78 is 0.780. The summed E-state index contributed by atoms with van der Waals surface area (Å²) in [6, 6.07) is 3.75. The Labute approximate surface area is 76.1 Å². The van der Waals surface area contributed by atoms with Gasteiger partial charge in [-0.15, -0.1) is 0 Å². The summed E-state index contributed by atoms with van der Waals surface area (Å²) in [5, 5.41) is 0.804. The van der Waals surface area contributed by atoms with Crippen molar-refractivity contribution in [3.8, 4) is 0 Å². The zero-order chi connectivity index (χ0) is 7.56. The molecule has 0 amide bonds. The summed E-state index contributed by atoms with van der Waals surface area (Å²) in [5.74, 6) is 0.545. The van der Waals surface area contributed by atoms with Crippen LogP contribution in [0.5, 0.6) is 0 Å². The molecule has 2 nitrogen and oxygen atoms in total. The predicted molar refractivity (Wildman–Crippen MR) is 49.0 cm³/mol. The molecule has 0 radical (unpaired) electrons. The molecule has 0 atom stereocenters. The van der Waals surface area contributed by atoms with Gasteiger partial charge in [0.1, 0.15) is 10.4 Å². The lowest BCUT2D eigenvalue weighted by Crippen LogP contribution is -1.91. The molecule has 0 fully saturated rings. The van der Waals surface area contributed by atoms with E-state index in [1.807, 2.05) is 12.1 Å². The summed E-state index contributed by atoms with van der Waals surface area (Å²) in [6.07, 6.45) is 0. The molecular formula is C6H6Br2N2. The fourth-order valence-corrected chi connectivity index (χ4v) is 1.47. The van der Waals surface area contributed by atoms with Gasteiger partial charge in [0.05, 0.1) is 0 Å². The van der Waals surface area contributed by atoms with E-state index in [1.54, 1.807) is 0 Å². The van der Waals surface area contributed by atoms with Crippen molar-refractivity contribution in [2.75, 3.05) is 5.73 Å². The Morgan fingerprint density at radius 3 is 2.70 bits per heavy atom. The first-order chi connectivity index (χ1) is 4.72. The highest BCUT2D eigenvalue weighted by molar-refractivity contribution is 9.10. The van der Waals surface area contributed by atoms with Gasteiger partial charge in [0.25, 0.3) is 0 Å². The number of halogens is 2. The molecule has 0 unspecified atom stereocenters. The van der Waals surface area contributed by atoms with Crippen molar-refractivity contribution >= 4 is 37.7 Å². The van der Waals surface area contributed by atoms with Gasteiger partial charge in [-0.3, -0.25) is 0 Å². The van der Waals surface area contributed by atoms with Gasteiger partial charge in [-0.05, 0) is 33.6 Å². The van der Waals surface area contributed by atoms with Gasteiger partial charge in [-0.1, -0.05) is 15.9 Å². The van der Waals surface area contributed by atoms with Crippen LogP contribution < -0.4 is 5.73 Å². The third-order valence-electron chi connectivity index (χ3n) is 1.03. The number of nitrogens with two attached hydrogens (primary N) is 1. The van der Waals surface area contributed by atoms with E-state index in [4.69, 9.17) is 5.73 Å². The molecule has 2 N–H and O–H groups in total. The number of nitrogens with zero attached hydrogens (tertiary/aromatic N) is 1. The predicted octanol–water partition coefficient (Wildman–Crippen LogP) is 2.32. The number of hydrogen-bond donors (Lipinski definition) is 1. The minimum atomic E-state index is 0.545. The second-order valence-electron chi connectivity index (χ2n) is 1.86. The maximum absolute atomic E-state index is 5.47. The van der Waals surface area contributed by atoms with Crippen LogP contribution >= 0.6 is 31.9 Å². The van der Waals surface area contributed by atoms with E-state index in [0.717, 1.165) is 15.5 Å². The van der Waals surface area contributed by atoms with E-state index in [-0.39, 0.29) is 0 Å². The van der Waals surface area contributed by atoms with Crippen LogP contribution in [0.4, 0.5) is 5.82 Å². The van der Waals surface area contributed by atoms with Crippen molar-refractivity contribution in [2.45, 2.75) is 5.33 Å². The summed E-state index contributed by atoms with van der Waals surface area (Å²) in [4.78, 5) is 3.96. The number of anilines is 1. The minimum Gasteiger partial charge on any atom is -0.384 e. The monoisotopic (exact) mass is 264 g/mol. The fraction of sp³-hybridized carbons (Fsp3) is 0.167. The van der Waals surface area contributed by atoms with E-state index >= 15 is 0 Å². The van der Waals surface area contributed by atoms with Gasteiger partial charge < -0.3 is 5.73 Å². The molecule has 0 aromatic carbocycles. The normalized spacial score (nSPS) is 9.80. The van der Waals surface area contributed by atoms with Crippen LogP contribution in [0.15, 0.2) is 16.7 Å². The molecular weight excluding hydrogens is 260 g/mol. The zero-order valence-electron chi connectivity index (χ0n) is 5.14. The van der Waals surface area contributed by atoms with E-state index < -0.39 is 0 Å². The molecule has 10 heavy (non-hydrogen) atoms. The molecule has 1 rings (SSSR count). The molecule has 1 heterocycles. The van der Waals surface area contributed by atoms with Crippen molar-refractivity contribution in [2.24, 2.45) is 0 Å². The fourth-order valence-electron chi connectivity index (χ4n) is 0.650. The Morgan fingerprint density at radius 1 is 1.50 bits per heavy atom. The molecule has 0 aliphatic rings. The number of hydrogen-bond acceptors (Lipinski definition) is 2. The summed E-state index contributed by atoms with van der Waals surface area (Å²) in [7, 11) is 0. The lowest BCUT2D eigenvalue weighted by atomic mass is 10.3. The first-order valence-electron chi connectivity index (χ1n) is 2.70. The zero-order valence-corrected chi connectivity index (χ0v) is 8.31. The average molecular weight is 266 g/mol. The third-order valence-corrected chi connectivity index (χ3v) is 2.08. The Kier molecular flexibility index (Phi) is 2.68. The van der Waals surface area contributed by atoms with Crippen LogP contribution in [0, 0.1) is 0 Å². The smallest absolute Gasteiger partial charge is 0.124 e. The van der Waals surface area contributed by atoms with Crippen molar-refractivity contribution in [1.82, 2.24) is 4.98 Å². The molecule has 4 heteroatoms. The van der Waals surface area contributed by atoms with Crippen LogP contribution in [0.25, 0.3) is 0 Å². The van der Waals surface area contributed by atoms with Crippen molar-refractivity contribution in [3.05, 3.63) is 22.3 Å². The average Bonchev–Trinajstić information content (AvgIpc) is 1.85. The van der Waals surface area contributed by atoms with Crippen molar-refractivity contribution in [3.63, 3.8) is 0 Å². The van der Waals surface area contributed by atoms with Crippen LogP contribution in [0.1, 0.15) is 5.56 Å². The van der Waals surface area contributed by atoms with E-state index in [0.29, 0.717) is 5.82 Å². The van der Waals surface area contributed by atoms with Gasteiger partial charge in [-0.25, -0.2) is 4.98 Å². The van der Waals surface area contributed by atoms with E-state index in [9.17, 15) is 0 Å². The molecule has 0 aliphatic carbocycles. The molecule has 1 aromatic heterocycles. The van der Waals surface area contributed by atoms with Gasteiger partial charge in [0, 0.05) is 5.33 Å². The van der Waals surface area contributed by atoms with Crippen LogP contribution in [0.2, 0.25) is 0 Å². The number of alkyl halides is 1. The largest absolute Gasteiger partial charge is 0.384 e. The van der Waals surface area contributed by atoms with Crippen molar-refractivity contribution in [1.29, 1.82) is 0 Å². The molecule has 0 saturated carbocycles. The van der Waals surface area contributed by atoms with Crippen molar-refractivity contribution < 1.29 is 0 Å². The third kappa shape index (κ3) is 1.95. The summed E-state index contributed by atoms with van der Waals surface area (Å²) in [5.41, 5.74) is 6.60. The number of aromatic nitrogens is 1. The number of rotatable bonds is 1. The summed E-state index contributed by atoms with van der Waals surface area (Å²) >= 11 is 6.56. The molecule has 0 bridgehead atoms. The summed E-state index contributed by atoms with van der Waals surface area (Å²) in [6.45, 7) is 0. The van der Waals surface area contributed by atoms with Gasteiger partial charge in [0.15, 0.2) is 0 Å². The molecule has 0 aliphatic heterocycles. The second-order valence-corrected chi connectivity index (χ2v) is 3.23. The minimum absolute atomic E-state index is 0.545. The Bertz CT molecular complexity index is 217. The highest BCUT2D eigenvalue weighted by atomic mass is 79.9. The van der Waals surface area contributed by atoms with Gasteiger partial charge in [0.2, 0.25) is 0 Å². The standard InChI is InChI=1S/C6H6Br2N2/c7-3-4-1-5(8)10-6(9)2-4/h1-2H,3H2,(H2,9,10). The molecule has 0 saturated heterocycles. The second kappa shape index (κ2) is 3.34. The van der Waals surface area contributed by atoms with Crippen LogP contribution in [-0.2, 0) is 5.33 Å². The SMILES string of the molecule is Nc1cc(CBr)cc(Br)n1. The molecule has 1 aromatic rings. The first kappa shape index (κ1) is 8.01. The van der Waals surface area contributed by atoms with Crippen LogP contribution in [-0.4, -0.2) is 4.98 Å². The number of nitrogen functional groups attached to an aromatic ring is 1. The number of pyridine rings is 1. The Morgan fingerprint density at radius 2 is 2.20 bits per heavy atom. The Balaban J connectivity index is 3.06. The highest BCUT2D eigenvalue weighted by Gasteiger charge is 1.95.